The van der Waals surface area contributed by atoms with Gasteiger partial charge in [-0.15, -0.1) is 0 Å². The quantitative estimate of drug-likeness (QED) is 0.927. The molecule has 5 heteroatoms. The van der Waals surface area contributed by atoms with E-state index < -0.39 is 17.7 Å². The molecule has 1 unspecified atom stereocenters. The number of hydrogen-bond donors (Lipinski definition) is 1. The van der Waals surface area contributed by atoms with E-state index >= 15 is 0 Å². The Hall–Kier alpha value is -1.52. The second-order valence-corrected chi connectivity index (χ2v) is 5.01. The molecule has 0 fully saturated rings. The van der Waals surface area contributed by atoms with Crippen LogP contribution in [0.2, 0.25) is 5.02 Å². The normalized spacial score (nSPS) is 12.4. The molecule has 1 heterocycles. The van der Waals surface area contributed by atoms with Gasteiger partial charge in [-0.2, -0.15) is 0 Å². The summed E-state index contributed by atoms with van der Waals surface area (Å²) in [4.78, 5) is 3.90. The number of hydrogen-bond acceptors (Lipinski definition) is 2. The molecule has 0 saturated carbocycles. The summed E-state index contributed by atoms with van der Waals surface area (Å²) in [5, 5.41) is 3.43. The lowest BCUT2D eigenvalue weighted by Crippen LogP contribution is -2.22. The van der Waals surface area contributed by atoms with Gasteiger partial charge in [0.25, 0.3) is 0 Å². The van der Waals surface area contributed by atoms with E-state index in [1.54, 1.807) is 26.2 Å². The van der Waals surface area contributed by atoms with Crippen molar-refractivity contribution >= 4 is 11.6 Å². The lowest BCUT2D eigenvalue weighted by atomic mass is 9.97. The molecule has 0 spiro atoms. The Morgan fingerprint density at radius 1 is 1.30 bits per heavy atom. The second kappa shape index (κ2) is 6.29. The summed E-state index contributed by atoms with van der Waals surface area (Å²) in [6, 6.07) is 3.97. The maximum Gasteiger partial charge on any atom is 0.133 e. The van der Waals surface area contributed by atoms with Gasteiger partial charge in [0.2, 0.25) is 0 Å². The van der Waals surface area contributed by atoms with Gasteiger partial charge in [-0.1, -0.05) is 17.7 Å². The number of aryl methyl sites for hydroxylation is 1. The third kappa shape index (κ3) is 2.97. The highest BCUT2D eigenvalue weighted by Gasteiger charge is 2.21. The van der Waals surface area contributed by atoms with Crippen LogP contribution in [-0.2, 0) is 6.42 Å². The molecule has 1 aromatic heterocycles. The molecular weight excluding hydrogens is 282 g/mol. The molecule has 0 aliphatic rings. The molecule has 1 N–H and O–H groups in total. The van der Waals surface area contributed by atoms with E-state index in [-0.39, 0.29) is 5.56 Å². The fraction of sp³-hybridized carbons (Fsp3) is 0.267. The Morgan fingerprint density at radius 3 is 2.70 bits per heavy atom. The molecule has 0 aliphatic carbocycles. The average Bonchev–Trinajstić information content (AvgIpc) is 2.44. The van der Waals surface area contributed by atoms with E-state index in [1.807, 2.05) is 0 Å². The van der Waals surface area contributed by atoms with Crippen molar-refractivity contribution in [1.29, 1.82) is 0 Å². The summed E-state index contributed by atoms with van der Waals surface area (Å²) < 4.78 is 28.1. The fourth-order valence-electron chi connectivity index (χ4n) is 2.14. The van der Waals surface area contributed by atoms with Gasteiger partial charge in [-0.05, 0) is 43.7 Å². The van der Waals surface area contributed by atoms with Crippen LogP contribution in [-0.4, -0.2) is 12.0 Å². The number of likely N-dealkylation sites (N-methyl/N-ethyl adjacent to an activating group) is 1. The first kappa shape index (κ1) is 14.9. The Labute approximate surface area is 121 Å². The van der Waals surface area contributed by atoms with Crippen LogP contribution >= 0.6 is 11.6 Å². The molecule has 2 nitrogen and oxygen atoms in total. The Balaban J connectivity index is 2.39. The maximum atomic E-state index is 14.2. The number of rotatable bonds is 4. The summed E-state index contributed by atoms with van der Waals surface area (Å²) in [7, 11) is 1.67. The molecule has 2 aromatic rings. The smallest absolute Gasteiger partial charge is 0.133 e. The van der Waals surface area contributed by atoms with Gasteiger partial charge in [-0.25, -0.2) is 8.78 Å². The predicted octanol–water partition coefficient (Wildman–Crippen LogP) is 3.82. The minimum atomic E-state index is -0.558. The van der Waals surface area contributed by atoms with Crippen LogP contribution in [0.4, 0.5) is 8.78 Å². The van der Waals surface area contributed by atoms with Gasteiger partial charge in [0.1, 0.15) is 11.6 Å². The Kier molecular flexibility index (Phi) is 4.68. The number of nitrogens with zero attached hydrogens (tertiary/aromatic N) is 1. The minimum Gasteiger partial charge on any atom is -0.313 e. The van der Waals surface area contributed by atoms with Crippen molar-refractivity contribution in [1.82, 2.24) is 10.3 Å². The van der Waals surface area contributed by atoms with Gasteiger partial charge in [0, 0.05) is 24.0 Å². The van der Waals surface area contributed by atoms with Crippen molar-refractivity contribution in [2.75, 3.05) is 7.05 Å². The molecule has 1 atom stereocenters. The maximum absolute atomic E-state index is 14.2. The van der Waals surface area contributed by atoms with E-state index in [0.717, 1.165) is 5.56 Å². The summed E-state index contributed by atoms with van der Waals surface area (Å²) in [5.74, 6) is -1.08. The van der Waals surface area contributed by atoms with Crippen LogP contribution < -0.4 is 5.32 Å². The molecule has 1 aromatic carbocycles. The summed E-state index contributed by atoms with van der Waals surface area (Å²) in [6.07, 6.45) is 3.51. The molecule has 0 saturated heterocycles. The third-order valence-corrected chi connectivity index (χ3v) is 3.64. The van der Waals surface area contributed by atoms with Crippen molar-refractivity contribution < 1.29 is 8.78 Å². The molecule has 106 valence electrons. The summed E-state index contributed by atoms with van der Waals surface area (Å²) >= 11 is 6.05. The van der Waals surface area contributed by atoms with Crippen molar-refractivity contribution in [2.45, 2.75) is 19.4 Å². The van der Waals surface area contributed by atoms with Crippen LogP contribution in [0.5, 0.6) is 0 Å². The lowest BCUT2D eigenvalue weighted by Gasteiger charge is -2.19. The van der Waals surface area contributed by atoms with Gasteiger partial charge in [0.15, 0.2) is 0 Å². The molecule has 0 aliphatic heterocycles. The number of pyridine rings is 1. The van der Waals surface area contributed by atoms with Crippen molar-refractivity contribution in [3.05, 3.63) is 63.9 Å². The number of nitrogens with one attached hydrogen (secondary N) is 1. The van der Waals surface area contributed by atoms with Crippen molar-refractivity contribution in [3.63, 3.8) is 0 Å². The zero-order valence-electron chi connectivity index (χ0n) is 11.3. The SMILES string of the molecule is CNC(Cc1ccncc1Cl)c1c(F)ccc(C)c1F. The van der Waals surface area contributed by atoms with E-state index in [0.29, 0.717) is 17.0 Å². The summed E-state index contributed by atoms with van der Waals surface area (Å²) in [5.41, 5.74) is 1.25. The fourth-order valence-corrected chi connectivity index (χ4v) is 2.33. The first-order valence-electron chi connectivity index (χ1n) is 6.24. The van der Waals surface area contributed by atoms with Crippen LogP contribution in [0.1, 0.15) is 22.7 Å². The molecule has 2 rings (SSSR count). The number of benzene rings is 1. The average molecular weight is 297 g/mol. The number of aromatic nitrogens is 1. The van der Waals surface area contributed by atoms with E-state index in [2.05, 4.69) is 10.3 Å². The topological polar surface area (TPSA) is 24.9 Å². The Morgan fingerprint density at radius 2 is 2.05 bits per heavy atom. The molecular formula is C15H15ClF2N2. The van der Waals surface area contributed by atoms with E-state index in [4.69, 9.17) is 11.6 Å². The molecule has 0 bridgehead atoms. The van der Waals surface area contributed by atoms with Crippen LogP contribution in [0, 0.1) is 18.6 Å². The zero-order chi connectivity index (χ0) is 14.7. The third-order valence-electron chi connectivity index (χ3n) is 3.30. The second-order valence-electron chi connectivity index (χ2n) is 4.60. The minimum absolute atomic E-state index is 0.0420. The van der Waals surface area contributed by atoms with Crippen LogP contribution in [0.3, 0.4) is 0 Å². The van der Waals surface area contributed by atoms with Crippen molar-refractivity contribution in [2.24, 2.45) is 0 Å². The predicted molar refractivity (Wildman–Crippen MR) is 75.8 cm³/mol. The van der Waals surface area contributed by atoms with E-state index in [9.17, 15) is 8.78 Å². The van der Waals surface area contributed by atoms with Gasteiger partial charge in [0.05, 0.1) is 5.02 Å². The van der Waals surface area contributed by atoms with Gasteiger partial charge >= 0.3 is 0 Å². The largest absolute Gasteiger partial charge is 0.313 e. The van der Waals surface area contributed by atoms with Crippen molar-refractivity contribution in [3.8, 4) is 0 Å². The monoisotopic (exact) mass is 296 g/mol. The first-order valence-corrected chi connectivity index (χ1v) is 6.62. The standard InChI is InChI=1S/C15H15ClF2N2/c1-9-3-4-12(17)14(15(9)18)13(19-2)7-10-5-6-20-8-11(10)16/h3-6,8,13,19H,7H2,1-2H3. The van der Waals surface area contributed by atoms with Crippen LogP contribution in [0.25, 0.3) is 0 Å². The zero-order valence-corrected chi connectivity index (χ0v) is 12.0. The highest BCUT2D eigenvalue weighted by molar-refractivity contribution is 6.31. The van der Waals surface area contributed by atoms with Crippen LogP contribution in [0.15, 0.2) is 30.6 Å². The van der Waals surface area contributed by atoms with E-state index in [1.165, 1.54) is 18.3 Å². The summed E-state index contributed by atoms with van der Waals surface area (Å²) in [6.45, 7) is 1.62. The lowest BCUT2D eigenvalue weighted by molar-refractivity contribution is 0.486. The Bertz CT molecular complexity index is 617. The molecule has 20 heavy (non-hydrogen) atoms. The highest BCUT2D eigenvalue weighted by atomic mass is 35.5. The molecule has 0 radical (unpaired) electrons. The van der Waals surface area contributed by atoms with Gasteiger partial charge < -0.3 is 5.32 Å². The van der Waals surface area contributed by atoms with Gasteiger partial charge in [-0.3, -0.25) is 4.98 Å². The highest BCUT2D eigenvalue weighted by Crippen LogP contribution is 2.27. The first-order chi connectivity index (χ1) is 9.54. The molecule has 0 amide bonds. The number of halogens is 3.